The second kappa shape index (κ2) is 11.2. The molecule has 2 N–H and O–H groups in total. The molecule has 0 spiro atoms. The fourth-order valence-electron chi connectivity index (χ4n) is 4.94. The molecule has 0 saturated carbocycles. The van der Waals surface area contributed by atoms with Gasteiger partial charge in [-0.2, -0.15) is 0 Å². The molecule has 1 aliphatic carbocycles. The number of benzene rings is 2. The number of esters is 1. The first-order valence-corrected chi connectivity index (χ1v) is 11.8. The summed E-state index contributed by atoms with van der Waals surface area (Å²) >= 11 is 0. The monoisotopic (exact) mass is 465 g/mol. The zero-order chi connectivity index (χ0) is 23.9. The third kappa shape index (κ3) is 5.07. The zero-order valence-electron chi connectivity index (χ0n) is 19.4. The molecule has 2 aliphatic rings. The van der Waals surface area contributed by atoms with Gasteiger partial charge in [-0.15, -0.1) is 0 Å². The molecule has 1 unspecified atom stereocenters. The molecule has 34 heavy (non-hydrogen) atoms. The molecule has 2 aromatic rings. The minimum Gasteiger partial charge on any atom is -0.467 e. The third-order valence-corrected chi connectivity index (χ3v) is 6.62. The van der Waals surface area contributed by atoms with Crippen molar-refractivity contribution in [3.63, 3.8) is 0 Å². The van der Waals surface area contributed by atoms with Crippen LogP contribution in [0.2, 0.25) is 0 Å². The summed E-state index contributed by atoms with van der Waals surface area (Å²) in [7, 11) is 1.31. The number of methoxy groups -OCH3 is 1. The lowest BCUT2D eigenvalue weighted by Gasteiger charge is -2.31. The Hall–Kier alpha value is -3.39. The van der Waals surface area contributed by atoms with Gasteiger partial charge in [0.15, 0.2) is 0 Å². The lowest BCUT2D eigenvalue weighted by Crippen LogP contribution is -2.51. The van der Waals surface area contributed by atoms with E-state index in [1.54, 1.807) is 0 Å². The van der Waals surface area contributed by atoms with Gasteiger partial charge in [0.05, 0.1) is 13.3 Å². The summed E-state index contributed by atoms with van der Waals surface area (Å²) < 4.78 is 10.5. The van der Waals surface area contributed by atoms with Crippen LogP contribution in [0.5, 0.6) is 0 Å². The Bertz CT molecular complexity index is 976. The van der Waals surface area contributed by atoms with Gasteiger partial charge >= 0.3 is 12.1 Å². The third-order valence-electron chi connectivity index (χ3n) is 6.62. The Morgan fingerprint density at radius 2 is 1.82 bits per heavy atom. The van der Waals surface area contributed by atoms with Gasteiger partial charge in [-0.05, 0) is 54.5 Å². The number of carbonyl (C=O) groups is 3. The van der Waals surface area contributed by atoms with Gasteiger partial charge in [0.25, 0.3) is 0 Å². The van der Waals surface area contributed by atoms with Gasteiger partial charge < -0.3 is 19.7 Å². The van der Waals surface area contributed by atoms with E-state index in [0.29, 0.717) is 25.8 Å². The van der Waals surface area contributed by atoms with Crippen molar-refractivity contribution in [1.29, 1.82) is 0 Å². The van der Waals surface area contributed by atoms with E-state index in [4.69, 9.17) is 9.47 Å². The number of carbonyl (C=O) groups excluding carboxylic acids is 3. The predicted octanol–water partition coefficient (Wildman–Crippen LogP) is 3.01. The van der Waals surface area contributed by atoms with Gasteiger partial charge in [-0.1, -0.05) is 48.5 Å². The molecular weight excluding hydrogens is 434 g/mol. The van der Waals surface area contributed by atoms with E-state index in [0.717, 1.165) is 30.5 Å². The highest BCUT2D eigenvalue weighted by molar-refractivity contribution is 5.79. The van der Waals surface area contributed by atoms with E-state index in [1.165, 1.54) is 23.1 Å². The summed E-state index contributed by atoms with van der Waals surface area (Å²) in [6, 6.07) is 15.7. The average molecular weight is 466 g/mol. The van der Waals surface area contributed by atoms with Crippen molar-refractivity contribution in [3.05, 3.63) is 59.7 Å². The van der Waals surface area contributed by atoms with Crippen molar-refractivity contribution < 1.29 is 23.9 Å². The molecule has 1 saturated heterocycles. The minimum atomic E-state index is -0.692. The first-order valence-electron chi connectivity index (χ1n) is 11.8. The standard InChI is InChI=1S/C26H31N3O5/c1-33-25(31)23(29(17-30)24-13-7-14-27-24)12-6-15-28-26(32)34-16-22-20-10-4-2-8-18(20)19-9-3-5-11-21(19)22/h2-5,8-11,17,22-24,27H,6-7,12-16H2,1H3,(H,28,32)/t23?,24-/m0/s1. The smallest absolute Gasteiger partial charge is 0.407 e. The molecule has 180 valence electrons. The average Bonchev–Trinajstić information content (AvgIpc) is 3.51. The molecule has 0 radical (unpaired) electrons. The van der Waals surface area contributed by atoms with Crippen LogP contribution in [-0.2, 0) is 19.1 Å². The van der Waals surface area contributed by atoms with Crippen molar-refractivity contribution >= 4 is 18.5 Å². The van der Waals surface area contributed by atoms with Crippen LogP contribution in [-0.4, -0.2) is 62.4 Å². The van der Waals surface area contributed by atoms with E-state index in [1.807, 2.05) is 24.3 Å². The summed E-state index contributed by atoms with van der Waals surface area (Å²) in [5, 5.41) is 5.99. The lowest BCUT2D eigenvalue weighted by atomic mass is 9.98. The number of ether oxygens (including phenoxy) is 2. The lowest BCUT2D eigenvalue weighted by molar-refractivity contribution is -0.151. The summed E-state index contributed by atoms with van der Waals surface area (Å²) in [5.74, 6) is -0.455. The maximum absolute atomic E-state index is 12.4. The predicted molar refractivity (Wildman–Crippen MR) is 127 cm³/mol. The number of amides is 2. The quantitative estimate of drug-likeness (QED) is 0.318. The van der Waals surface area contributed by atoms with Crippen LogP contribution in [0.15, 0.2) is 48.5 Å². The molecule has 0 aromatic heterocycles. The normalized spacial score (nSPS) is 17.4. The van der Waals surface area contributed by atoms with Crippen molar-refractivity contribution in [1.82, 2.24) is 15.5 Å². The number of hydrogen-bond acceptors (Lipinski definition) is 6. The largest absolute Gasteiger partial charge is 0.467 e. The van der Waals surface area contributed by atoms with Crippen LogP contribution in [0.1, 0.15) is 42.7 Å². The molecule has 8 nitrogen and oxygen atoms in total. The van der Waals surface area contributed by atoms with Gasteiger partial charge in [0.1, 0.15) is 12.6 Å². The number of nitrogens with zero attached hydrogens (tertiary/aromatic N) is 1. The van der Waals surface area contributed by atoms with Crippen LogP contribution in [0.25, 0.3) is 11.1 Å². The fourth-order valence-corrected chi connectivity index (χ4v) is 4.94. The number of alkyl carbamates (subject to hydrolysis) is 1. The Labute approximate surface area is 199 Å². The molecular formula is C26H31N3O5. The van der Waals surface area contributed by atoms with Crippen molar-refractivity contribution in [2.75, 3.05) is 26.8 Å². The van der Waals surface area contributed by atoms with Gasteiger partial charge in [0.2, 0.25) is 6.41 Å². The van der Waals surface area contributed by atoms with E-state index >= 15 is 0 Å². The summed E-state index contributed by atoms with van der Waals surface area (Å²) in [6.07, 6.45) is 2.66. The van der Waals surface area contributed by atoms with Crippen LogP contribution in [0.4, 0.5) is 4.79 Å². The Balaban J connectivity index is 1.27. The Morgan fingerprint density at radius 1 is 1.15 bits per heavy atom. The summed E-state index contributed by atoms with van der Waals surface area (Å²) in [4.78, 5) is 37.8. The van der Waals surface area contributed by atoms with Crippen molar-refractivity contribution in [2.24, 2.45) is 0 Å². The second-order valence-corrected chi connectivity index (χ2v) is 8.60. The van der Waals surface area contributed by atoms with Crippen molar-refractivity contribution in [2.45, 2.75) is 43.8 Å². The first kappa shape index (κ1) is 23.8. The number of nitrogens with one attached hydrogen (secondary N) is 2. The fraction of sp³-hybridized carbons (Fsp3) is 0.423. The van der Waals surface area contributed by atoms with E-state index < -0.39 is 18.1 Å². The molecule has 8 heteroatoms. The van der Waals surface area contributed by atoms with Gasteiger partial charge in [0, 0.05) is 12.5 Å². The van der Waals surface area contributed by atoms with Crippen LogP contribution < -0.4 is 10.6 Å². The molecule has 1 aliphatic heterocycles. The minimum absolute atomic E-state index is 0.00177. The summed E-state index contributed by atoms with van der Waals surface area (Å²) in [5.41, 5.74) is 4.67. The maximum Gasteiger partial charge on any atom is 0.407 e. The molecule has 4 rings (SSSR count). The van der Waals surface area contributed by atoms with Gasteiger partial charge in [-0.25, -0.2) is 9.59 Å². The summed E-state index contributed by atoms with van der Waals surface area (Å²) in [6.45, 7) is 1.39. The van der Waals surface area contributed by atoms with E-state index in [-0.39, 0.29) is 18.7 Å². The topological polar surface area (TPSA) is 97.0 Å². The van der Waals surface area contributed by atoms with E-state index in [9.17, 15) is 14.4 Å². The molecule has 2 atom stereocenters. The molecule has 2 aromatic carbocycles. The van der Waals surface area contributed by atoms with Crippen molar-refractivity contribution in [3.8, 4) is 11.1 Å². The molecule has 2 amide bonds. The van der Waals surface area contributed by atoms with E-state index in [2.05, 4.69) is 34.9 Å². The zero-order valence-corrected chi connectivity index (χ0v) is 19.4. The number of rotatable bonds is 10. The van der Waals surface area contributed by atoms with Crippen LogP contribution >= 0.6 is 0 Å². The molecule has 0 bridgehead atoms. The maximum atomic E-state index is 12.4. The molecule has 1 fully saturated rings. The Kier molecular flexibility index (Phi) is 7.80. The van der Waals surface area contributed by atoms with Crippen LogP contribution in [0.3, 0.4) is 0 Å². The highest BCUT2D eigenvalue weighted by atomic mass is 16.5. The van der Waals surface area contributed by atoms with Gasteiger partial charge in [-0.3, -0.25) is 10.1 Å². The van der Waals surface area contributed by atoms with Crippen LogP contribution in [0, 0.1) is 0 Å². The SMILES string of the molecule is COC(=O)C(CCCNC(=O)OCC1c2ccccc2-c2ccccc21)N(C=O)[C@H]1CCCN1. The molecule has 1 heterocycles. The Morgan fingerprint density at radius 3 is 2.41 bits per heavy atom. The number of hydrogen-bond donors (Lipinski definition) is 2. The first-order chi connectivity index (χ1) is 16.6. The highest BCUT2D eigenvalue weighted by Gasteiger charge is 2.32. The number of fused-ring (bicyclic) bond motifs is 3. The highest BCUT2D eigenvalue weighted by Crippen LogP contribution is 2.44. The second-order valence-electron chi connectivity index (χ2n) is 8.60.